The third-order valence-corrected chi connectivity index (χ3v) is 5.24. The van der Waals surface area contributed by atoms with Gasteiger partial charge in [0.25, 0.3) is 0 Å². The fraction of sp³-hybridized carbons (Fsp3) is 0.278. The van der Waals surface area contributed by atoms with E-state index in [0.29, 0.717) is 10.7 Å². The molecule has 2 aromatic heterocycles. The van der Waals surface area contributed by atoms with E-state index in [1.54, 1.807) is 29.4 Å². The molecule has 27 heavy (non-hydrogen) atoms. The summed E-state index contributed by atoms with van der Waals surface area (Å²) in [7, 11) is 0. The van der Waals surface area contributed by atoms with Gasteiger partial charge in [0.2, 0.25) is 5.91 Å². The first-order valence-electron chi connectivity index (χ1n) is 8.22. The van der Waals surface area contributed by atoms with Crippen molar-refractivity contribution in [1.82, 2.24) is 19.7 Å². The molecule has 0 unspecified atom stereocenters. The molecule has 2 heterocycles. The van der Waals surface area contributed by atoms with Crippen LogP contribution in [0, 0.1) is 0 Å². The predicted octanol–water partition coefficient (Wildman–Crippen LogP) is 2.90. The molecule has 0 atom stereocenters. The topological polar surface area (TPSA) is 110 Å². The van der Waals surface area contributed by atoms with Gasteiger partial charge < -0.3 is 10.4 Å². The number of hydrogen-bond acceptors (Lipinski definition) is 6. The molecule has 0 aliphatic rings. The molecule has 140 valence electrons. The number of rotatable bonds is 5. The lowest BCUT2D eigenvalue weighted by Gasteiger charge is -2.13. The number of hydrogen-bond donors (Lipinski definition) is 2. The average molecular weight is 385 g/mol. The van der Waals surface area contributed by atoms with Crippen molar-refractivity contribution in [3.8, 4) is 5.69 Å². The number of nitrogens with zero attached hydrogens (tertiary/aromatic N) is 4. The highest BCUT2D eigenvalue weighted by atomic mass is 32.1. The molecule has 0 spiro atoms. The molecule has 0 saturated carbocycles. The first kappa shape index (κ1) is 18.7. The number of carboxylic acid groups (broad SMARTS) is 1. The van der Waals surface area contributed by atoms with Gasteiger partial charge in [-0.2, -0.15) is 0 Å². The maximum absolute atomic E-state index is 12.4. The van der Waals surface area contributed by atoms with E-state index in [4.69, 9.17) is 0 Å². The minimum Gasteiger partial charge on any atom is -0.477 e. The van der Waals surface area contributed by atoms with Crippen LogP contribution in [0.5, 0.6) is 0 Å². The molecule has 9 heteroatoms. The molecule has 0 aliphatic heterocycles. The van der Waals surface area contributed by atoms with Gasteiger partial charge in [-0.15, -0.1) is 21.5 Å². The standard InChI is InChI=1S/C18H19N5O3S/c1-18(2,3)17-22-13(15(27-17)16(25)26)8-14(24)21-11-4-6-12(7-5-11)23-9-19-20-10-23/h4-7,9-10H,8H2,1-3H3,(H,21,24)(H,25,26). The lowest BCUT2D eigenvalue weighted by molar-refractivity contribution is -0.115. The third-order valence-electron chi connectivity index (χ3n) is 3.73. The van der Waals surface area contributed by atoms with Crippen LogP contribution in [0.25, 0.3) is 5.69 Å². The van der Waals surface area contributed by atoms with E-state index in [1.165, 1.54) is 0 Å². The molecular weight excluding hydrogens is 366 g/mol. The highest BCUT2D eigenvalue weighted by Crippen LogP contribution is 2.30. The van der Waals surface area contributed by atoms with E-state index in [2.05, 4.69) is 20.5 Å². The molecule has 1 amide bonds. The molecule has 8 nitrogen and oxygen atoms in total. The van der Waals surface area contributed by atoms with Gasteiger partial charge in [0, 0.05) is 16.8 Å². The summed E-state index contributed by atoms with van der Waals surface area (Å²) in [5.41, 5.74) is 1.48. The number of anilines is 1. The monoisotopic (exact) mass is 385 g/mol. The van der Waals surface area contributed by atoms with Crippen LogP contribution in [-0.2, 0) is 16.6 Å². The molecule has 2 N–H and O–H groups in total. The lowest BCUT2D eigenvalue weighted by atomic mass is 9.98. The normalized spacial score (nSPS) is 11.4. The Morgan fingerprint density at radius 2 is 1.78 bits per heavy atom. The maximum Gasteiger partial charge on any atom is 0.347 e. The zero-order valence-corrected chi connectivity index (χ0v) is 15.9. The summed E-state index contributed by atoms with van der Waals surface area (Å²) >= 11 is 1.12. The summed E-state index contributed by atoms with van der Waals surface area (Å²) in [5, 5.41) is 20.4. The van der Waals surface area contributed by atoms with E-state index in [9.17, 15) is 14.7 Å². The largest absolute Gasteiger partial charge is 0.477 e. The summed E-state index contributed by atoms with van der Waals surface area (Å²) in [4.78, 5) is 28.3. The fourth-order valence-electron chi connectivity index (χ4n) is 2.37. The Hall–Kier alpha value is -3.07. The van der Waals surface area contributed by atoms with Gasteiger partial charge in [0.1, 0.15) is 17.5 Å². The van der Waals surface area contributed by atoms with Crippen molar-refractivity contribution in [3.05, 3.63) is 52.5 Å². The van der Waals surface area contributed by atoms with E-state index in [1.807, 2.05) is 32.9 Å². The molecule has 3 aromatic rings. The number of benzene rings is 1. The second-order valence-corrected chi connectivity index (χ2v) is 7.99. The number of aromatic carboxylic acids is 1. The van der Waals surface area contributed by atoms with Crippen LogP contribution in [0.3, 0.4) is 0 Å². The van der Waals surface area contributed by atoms with E-state index in [-0.39, 0.29) is 28.3 Å². The summed E-state index contributed by atoms with van der Waals surface area (Å²) in [6.07, 6.45) is 3.06. The van der Waals surface area contributed by atoms with Gasteiger partial charge >= 0.3 is 5.97 Å². The van der Waals surface area contributed by atoms with Gasteiger partial charge in [-0.1, -0.05) is 20.8 Å². The first-order valence-corrected chi connectivity index (χ1v) is 9.04. The van der Waals surface area contributed by atoms with Crippen LogP contribution in [0.1, 0.15) is 41.1 Å². The highest BCUT2D eigenvalue weighted by Gasteiger charge is 2.25. The number of thiazole rings is 1. The molecule has 0 radical (unpaired) electrons. The van der Waals surface area contributed by atoms with Gasteiger partial charge in [-0.25, -0.2) is 9.78 Å². The van der Waals surface area contributed by atoms with Crippen molar-refractivity contribution in [2.24, 2.45) is 0 Å². The Morgan fingerprint density at radius 1 is 1.15 bits per heavy atom. The summed E-state index contributed by atoms with van der Waals surface area (Å²) in [6.45, 7) is 5.87. The molecular formula is C18H19N5O3S. The number of aromatic nitrogens is 4. The van der Waals surface area contributed by atoms with Crippen molar-refractivity contribution >= 4 is 28.9 Å². The second kappa shape index (κ2) is 7.28. The first-order chi connectivity index (χ1) is 12.7. The van der Waals surface area contributed by atoms with Crippen LogP contribution < -0.4 is 5.32 Å². The van der Waals surface area contributed by atoms with Crippen LogP contribution >= 0.6 is 11.3 Å². The van der Waals surface area contributed by atoms with Gasteiger partial charge in [0.05, 0.1) is 17.1 Å². The van der Waals surface area contributed by atoms with Crippen molar-refractivity contribution in [2.45, 2.75) is 32.6 Å². The van der Waals surface area contributed by atoms with Crippen molar-refractivity contribution in [1.29, 1.82) is 0 Å². The average Bonchev–Trinajstić information content (AvgIpc) is 3.24. The van der Waals surface area contributed by atoms with Crippen LogP contribution in [0.2, 0.25) is 0 Å². The number of nitrogens with one attached hydrogen (secondary N) is 1. The van der Waals surface area contributed by atoms with Gasteiger partial charge in [0.15, 0.2) is 0 Å². The van der Waals surface area contributed by atoms with Crippen molar-refractivity contribution in [2.75, 3.05) is 5.32 Å². The highest BCUT2D eigenvalue weighted by molar-refractivity contribution is 7.13. The van der Waals surface area contributed by atoms with Crippen LogP contribution in [-0.4, -0.2) is 36.7 Å². The number of carboxylic acids is 1. The Labute approximate surface area is 159 Å². The van der Waals surface area contributed by atoms with Gasteiger partial charge in [-0.3, -0.25) is 9.36 Å². The smallest absolute Gasteiger partial charge is 0.347 e. The number of carbonyl (C=O) groups excluding carboxylic acids is 1. The quantitative estimate of drug-likeness (QED) is 0.699. The Morgan fingerprint density at radius 3 is 2.33 bits per heavy atom. The van der Waals surface area contributed by atoms with Gasteiger partial charge in [-0.05, 0) is 24.3 Å². The Balaban J connectivity index is 1.72. The molecule has 0 aliphatic carbocycles. The number of carbonyl (C=O) groups is 2. The van der Waals surface area contributed by atoms with E-state index >= 15 is 0 Å². The molecule has 0 bridgehead atoms. The zero-order chi connectivity index (χ0) is 19.6. The summed E-state index contributed by atoms with van der Waals surface area (Å²) < 4.78 is 1.74. The number of amides is 1. The van der Waals surface area contributed by atoms with Crippen molar-refractivity contribution < 1.29 is 14.7 Å². The minimum atomic E-state index is -1.07. The van der Waals surface area contributed by atoms with E-state index < -0.39 is 5.97 Å². The summed E-state index contributed by atoms with van der Waals surface area (Å²) in [6, 6.07) is 7.16. The minimum absolute atomic E-state index is 0.0958. The van der Waals surface area contributed by atoms with Crippen LogP contribution in [0.4, 0.5) is 5.69 Å². The van der Waals surface area contributed by atoms with E-state index in [0.717, 1.165) is 17.0 Å². The third kappa shape index (κ3) is 4.37. The molecule has 1 aromatic carbocycles. The molecule has 0 saturated heterocycles. The summed E-state index contributed by atoms with van der Waals surface area (Å²) in [5.74, 6) is -1.38. The zero-order valence-electron chi connectivity index (χ0n) is 15.1. The molecule has 3 rings (SSSR count). The second-order valence-electron chi connectivity index (χ2n) is 6.99. The van der Waals surface area contributed by atoms with Crippen LogP contribution in [0.15, 0.2) is 36.9 Å². The Bertz CT molecular complexity index is 956. The molecule has 0 fully saturated rings. The maximum atomic E-state index is 12.4. The predicted molar refractivity (Wildman–Crippen MR) is 101 cm³/mol. The Kier molecular flexibility index (Phi) is 5.04. The lowest BCUT2D eigenvalue weighted by Crippen LogP contribution is -2.17. The van der Waals surface area contributed by atoms with Crippen molar-refractivity contribution in [3.63, 3.8) is 0 Å². The fourth-order valence-corrected chi connectivity index (χ4v) is 3.35. The SMILES string of the molecule is CC(C)(C)c1nc(CC(=O)Nc2ccc(-n3cnnc3)cc2)c(C(=O)O)s1.